The van der Waals surface area contributed by atoms with Crippen LogP contribution in [-0.4, -0.2) is 59.4 Å². The van der Waals surface area contributed by atoms with E-state index in [2.05, 4.69) is 10.6 Å². The molecule has 4 N–H and O–H groups in total. The van der Waals surface area contributed by atoms with Crippen molar-refractivity contribution in [2.75, 3.05) is 13.1 Å². The molecule has 2 atom stereocenters. The summed E-state index contributed by atoms with van der Waals surface area (Å²) in [5, 5.41) is 5.16. The summed E-state index contributed by atoms with van der Waals surface area (Å²) in [7, 11) is 0. The summed E-state index contributed by atoms with van der Waals surface area (Å²) < 4.78 is 0. The number of Topliss-reactive ketones (excluding diaryl/α,β-unsaturated/α-hetero) is 2. The van der Waals surface area contributed by atoms with Crippen molar-refractivity contribution in [2.45, 2.75) is 66.3 Å². The first-order chi connectivity index (χ1) is 15.2. The van der Waals surface area contributed by atoms with Gasteiger partial charge in [0, 0.05) is 49.4 Å². The van der Waals surface area contributed by atoms with Crippen LogP contribution in [0.25, 0.3) is 0 Å². The van der Waals surface area contributed by atoms with E-state index in [1.54, 1.807) is 34.6 Å². The Morgan fingerprint density at radius 2 is 1.64 bits per heavy atom. The van der Waals surface area contributed by atoms with E-state index in [9.17, 15) is 28.8 Å². The van der Waals surface area contributed by atoms with E-state index >= 15 is 0 Å². The van der Waals surface area contributed by atoms with Crippen molar-refractivity contribution in [2.24, 2.45) is 23.0 Å². The maximum Gasteiger partial charge on any atom is 0.312 e. The molecule has 1 aliphatic heterocycles. The van der Waals surface area contributed by atoms with Crippen LogP contribution >= 0.6 is 0 Å². The molecule has 0 aromatic rings. The molecular weight excluding hydrogens is 428 g/mol. The number of rotatable bonds is 13. The van der Waals surface area contributed by atoms with E-state index in [4.69, 9.17) is 5.73 Å². The summed E-state index contributed by atoms with van der Waals surface area (Å²) in [5.41, 5.74) is 4.41. The number of nitrogens with zero attached hydrogens (tertiary/aromatic N) is 1. The molecule has 0 unspecified atom stereocenters. The van der Waals surface area contributed by atoms with Crippen molar-refractivity contribution in [3.05, 3.63) is 12.2 Å². The van der Waals surface area contributed by atoms with Crippen LogP contribution in [0.3, 0.4) is 0 Å². The minimum atomic E-state index is -0.806. The number of ketones is 2. The highest BCUT2D eigenvalue weighted by molar-refractivity contribution is 6.13. The van der Waals surface area contributed by atoms with Gasteiger partial charge in [0.05, 0.1) is 6.04 Å². The molecule has 10 heteroatoms. The standard InChI is InChI=1S/C23H36N4O6/c1-14(2)20(26-17(29)10-12-27-18(30)8-9-19(27)31)16(28)13-15(21(32)23(3,4)5)7-6-11-25-22(24)33/h8-9,14-15,20H,6-7,10-13H2,1-5H3,(H,26,29)(H3,24,25,33)/t15-,20+/m1/s1. The van der Waals surface area contributed by atoms with Crippen molar-refractivity contribution in [1.29, 1.82) is 0 Å². The lowest BCUT2D eigenvalue weighted by atomic mass is 9.78. The lowest BCUT2D eigenvalue weighted by Gasteiger charge is -2.27. The quantitative estimate of drug-likeness (QED) is 0.274. The Kier molecular flexibility index (Phi) is 10.4. The van der Waals surface area contributed by atoms with Crippen LogP contribution in [0.15, 0.2) is 12.2 Å². The van der Waals surface area contributed by atoms with Crippen molar-refractivity contribution in [3.8, 4) is 0 Å². The van der Waals surface area contributed by atoms with E-state index < -0.39 is 41.1 Å². The molecule has 0 saturated heterocycles. The van der Waals surface area contributed by atoms with E-state index in [0.717, 1.165) is 17.1 Å². The van der Waals surface area contributed by atoms with Gasteiger partial charge in [-0.1, -0.05) is 34.6 Å². The number of nitrogens with one attached hydrogen (secondary N) is 2. The Hall–Kier alpha value is -3.04. The molecule has 1 heterocycles. The highest BCUT2D eigenvalue weighted by Crippen LogP contribution is 2.26. The maximum absolute atomic E-state index is 13.1. The van der Waals surface area contributed by atoms with Crippen LogP contribution in [-0.2, 0) is 24.0 Å². The summed E-state index contributed by atoms with van der Waals surface area (Å²) in [6.07, 6.45) is 3.00. The molecule has 0 aromatic carbocycles. The second kappa shape index (κ2) is 12.3. The fraction of sp³-hybridized carbons (Fsp3) is 0.652. The number of hydrogen-bond donors (Lipinski definition) is 3. The summed E-state index contributed by atoms with van der Waals surface area (Å²) in [6.45, 7) is 9.15. The Labute approximate surface area is 194 Å². The van der Waals surface area contributed by atoms with Crippen molar-refractivity contribution < 1.29 is 28.8 Å². The summed E-state index contributed by atoms with van der Waals surface area (Å²) in [5.74, 6) is -2.52. The number of carbonyl (C=O) groups excluding carboxylic acids is 6. The number of urea groups is 1. The molecule has 5 amide bonds. The maximum atomic E-state index is 13.1. The summed E-state index contributed by atoms with van der Waals surface area (Å²) in [4.78, 5) is 73.5. The molecular formula is C23H36N4O6. The summed E-state index contributed by atoms with van der Waals surface area (Å²) >= 11 is 0. The van der Waals surface area contributed by atoms with Gasteiger partial charge in [0.2, 0.25) is 5.91 Å². The predicted molar refractivity (Wildman–Crippen MR) is 122 cm³/mol. The van der Waals surface area contributed by atoms with Gasteiger partial charge in [-0.3, -0.25) is 28.9 Å². The largest absolute Gasteiger partial charge is 0.352 e. The van der Waals surface area contributed by atoms with E-state index in [-0.39, 0.29) is 36.9 Å². The molecule has 0 fully saturated rings. The number of imide groups is 1. The van der Waals surface area contributed by atoms with Gasteiger partial charge in [0.1, 0.15) is 5.78 Å². The average Bonchev–Trinajstić information content (AvgIpc) is 3.02. The number of carbonyl (C=O) groups is 6. The minimum absolute atomic E-state index is 0.0389. The monoisotopic (exact) mass is 464 g/mol. The zero-order chi connectivity index (χ0) is 25.3. The van der Waals surface area contributed by atoms with Gasteiger partial charge >= 0.3 is 6.03 Å². The van der Waals surface area contributed by atoms with Crippen LogP contribution in [0.1, 0.15) is 60.3 Å². The second-order valence-corrected chi connectivity index (χ2v) is 9.62. The SMILES string of the molecule is CC(C)[C@H](NC(=O)CCN1C(=O)C=CC1=O)C(=O)C[C@@H](CCCNC(N)=O)C(=O)C(C)(C)C. The molecule has 0 radical (unpaired) electrons. The normalized spacial score (nSPS) is 15.5. The average molecular weight is 465 g/mol. The Morgan fingerprint density at radius 3 is 2.12 bits per heavy atom. The zero-order valence-corrected chi connectivity index (χ0v) is 20.1. The van der Waals surface area contributed by atoms with Gasteiger partial charge in [-0.15, -0.1) is 0 Å². The molecule has 0 aliphatic carbocycles. The lowest BCUT2D eigenvalue weighted by molar-refractivity contribution is -0.137. The second-order valence-electron chi connectivity index (χ2n) is 9.62. The van der Waals surface area contributed by atoms with E-state index in [1.165, 1.54) is 0 Å². The molecule has 184 valence electrons. The van der Waals surface area contributed by atoms with Gasteiger partial charge in [0.25, 0.3) is 11.8 Å². The van der Waals surface area contributed by atoms with Crippen LogP contribution in [0.5, 0.6) is 0 Å². The first-order valence-corrected chi connectivity index (χ1v) is 11.2. The van der Waals surface area contributed by atoms with Crippen LogP contribution in [0.2, 0.25) is 0 Å². The van der Waals surface area contributed by atoms with E-state index in [1.807, 2.05) is 0 Å². The summed E-state index contributed by atoms with van der Waals surface area (Å²) in [6, 6.07) is -1.46. The Bertz CT molecular complexity index is 794. The zero-order valence-electron chi connectivity index (χ0n) is 20.1. The first kappa shape index (κ1) is 28.0. The third-order valence-electron chi connectivity index (χ3n) is 5.38. The first-order valence-electron chi connectivity index (χ1n) is 11.2. The van der Waals surface area contributed by atoms with Crippen LogP contribution in [0.4, 0.5) is 4.79 Å². The smallest absolute Gasteiger partial charge is 0.312 e. The minimum Gasteiger partial charge on any atom is -0.352 e. The molecule has 33 heavy (non-hydrogen) atoms. The van der Waals surface area contributed by atoms with Crippen molar-refractivity contribution in [1.82, 2.24) is 15.5 Å². The molecule has 0 spiro atoms. The van der Waals surface area contributed by atoms with Gasteiger partial charge in [-0.05, 0) is 18.8 Å². The molecule has 10 nitrogen and oxygen atoms in total. The molecule has 0 aromatic heterocycles. The highest BCUT2D eigenvalue weighted by atomic mass is 16.2. The van der Waals surface area contributed by atoms with E-state index in [0.29, 0.717) is 19.4 Å². The number of primary amides is 1. The predicted octanol–water partition coefficient (Wildman–Crippen LogP) is 1.08. The van der Waals surface area contributed by atoms with Crippen LogP contribution in [0, 0.1) is 17.3 Å². The molecule has 1 aliphatic rings. The fourth-order valence-corrected chi connectivity index (χ4v) is 3.60. The lowest BCUT2D eigenvalue weighted by Crippen LogP contribution is -2.46. The highest BCUT2D eigenvalue weighted by Gasteiger charge is 2.34. The van der Waals surface area contributed by atoms with Gasteiger partial charge in [-0.2, -0.15) is 0 Å². The number of hydrogen-bond acceptors (Lipinski definition) is 6. The van der Waals surface area contributed by atoms with Gasteiger partial charge < -0.3 is 16.4 Å². The fourth-order valence-electron chi connectivity index (χ4n) is 3.60. The molecule has 1 rings (SSSR count). The topological polar surface area (TPSA) is 156 Å². The Morgan fingerprint density at radius 1 is 1.06 bits per heavy atom. The van der Waals surface area contributed by atoms with Gasteiger partial charge in [0.15, 0.2) is 5.78 Å². The van der Waals surface area contributed by atoms with Crippen molar-refractivity contribution in [3.63, 3.8) is 0 Å². The van der Waals surface area contributed by atoms with Crippen molar-refractivity contribution >= 4 is 35.3 Å². The van der Waals surface area contributed by atoms with Gasteiger partial charge in [-0.25, -0.2) is 4.79 Å². The third-order valence-corrected chi connectivity index (χ3v) is 5.38. The number of nitrogens with two attached hydrogens (primary N) is 1. The van der Waals surface area contributed by atoms with Crippen LogP contribution < -0.4 is 16.4 Å². The molecule has 0 bridgehead atoms. The third kappa shape index (κ3) is 9.15. The Balaban J connectivity index is 2.77. The molecule has 0 saturated carbocycles. The number of amides is 5.